The van der Waals surface area contributed by atoms with Gasteiger partial charge in [0.1, 0.15) is 0 Å². The Morgan fingerprint density at radius 3 is 2.35 bits per heavy atom. The van der Waals surface area contributed by atoms with E-state index in [1.807, 2.05) is 0 Å². The van der Waals surface area contributed by atoms with Gasteiger partial charge in [-0.3, -0.25) is 9.59 Å². The van der Waals surface area contributed by atoms with E-state index in [1.165, 1.54) is 19.1 Å². The highest BCUT2D eigenvalue weighted by Crippen LogP contribution is 2.35. The second-order valence-electron chi connectivity index (χ2n) is 3.93. The topological polar surface area (TPSA) is 58.2 Å². The minimum atomic E-state index is -4.54. The standard InChI is InChI=1S/C12H12BrF3N2O2/c1-7(19)17-4-5-18-11(20)8-2-3-10(13)9(6-8)12(14,15)16/h2-3,6H,4-5H2,1H3,(H,17,19)(H,18,20). The van der Waals surface area contributed by atoms with Gasteiger partial charge in [0, 0.05) is 30.0 Å². The first-order valence-electron chi connectivity index (χ1n) is 5.61. The maximum Gasteiger partial charge on any atom is 0.417 e. The summed E-state index contributed by atoms with van der Waals surface area (Å²) in [6, 6.07) is 3.23. The molecule has 2 N–H and O–H groups in total. The lowest BCUT2D eigenvalue weighted by molar-refractivity contribution is -0.138. The van der Waals surface area contributed by atoms with Crippen molar-refractivity contribution in [3.63, 3.8) is 0 Å². The molecule has 1 rings (SSSR count). The van der Waals surface area contributed by atoms with Crippen LogP contribution < -0.4 is 10.6 Å². The number of carbonyl (C=O) groups excluding carboxylic acids is 2. The molecular weight excluding hydrogens is 341 g/mol. The number of nitrogens with one attached hydrogen (secondary N) is 2. The van der Waals surface area contributed by atoms with Crippen LogP contribution in [0.4, 0.5) is 13.2 Å². The predicted octanol–water partition coefficient (Wildman–Crippen LogP) is 2.33. The largest absolute Gasteiger partial charge is 0.417 e. The quantitative estimate of drug-likeness (QED) is 0.817. The Bertz CT molecular complexity index is 518. The van der Waals surface area contributed by atoms with Crippen LogP contribution in [0.25, 0.3) is 0 Å². The monoisotopic (exact) mass is 352 g/mol. The lowest BCUT2D eigenvalue weighted by Gasteiger charge is -2.11. The smallest absolute Gasteiger partial charge is 0.355 e. The highest BCUT2D eigenvalue weighted by atomic mass is 79.9. The van der Waals surface area contributed by atoms with Gasteiger partial charge in [0.2, 0.25) is 5.91 Å². The zero-order valence-corrected chi connectivity index (χ0v) is 12.1. The summed E-state index contributed by atoms with van der Waals surface area (Å²) < 4.78 is 37.9. The molecule has 0 aromatic heterocycles. The lowest BCUT2D eigenvalue weighted by atomic mass is 10.1. The Morgan fingerprint density at radius 2 is 1.80 bits per heavy atom. The summed E-state index contributed by atoms with van der Waals surface area (Å²) in [6.45, 7) is 1.67. The third-order valence-corrected chi connectivity index (χ3v) is 3.01. The highest BCUT2D eigenvalue weighted by Gasteiger charge is 2.33. The fourth-order valence-corrected chi connectivity index (χ4v) is 1.87. The normalized spacial score (nSPS) is 11.1. The van der Waals surface area contributed by atoms with Crippen molar-refractivity contribution in [1.82, 2.24) is 10.6 Å². The Kier molecular flexibility index (Phi) is 5.55. The average Bonchev–Trinajstić information content (AvgIpc) is 2.33. The number of carbonyl (C=O) groups is 2. The molecule has 8 heteroatoms. The maximum atomic E-state index is 12.7. The number of alkyl halides is 3. The Balaban J connectivity index is 2.72. The Morgan fingerprint density at radius 1 is 1.20 bits per heavy atom. The molecular formula is C12H12BrF3N2O2. The fraction of sp³-hybridized carbons (Fsp3) is 0.333. The molecule has 0 aliphatic carbocycles. The molecule has 0 bridgehead atoms. The molecule has 0 aliphatic heterocycles. The van der Waals surface area contributed by atoms with Crippen LogP contribution in [-0.4, -0.2) is 24.9 Å². The van der Waals surface area contributed by atoms with Crippen molar-refractivity contribution in [1.29, 1.82) is 0 Å². The average molecular weight is 353 g/mol. The molecule has 0 atom stereocenters. The van der Waals surface area contributed by atoms with Crippen LogP contribution in [0, 0.1) is 0 Å². The van der Waals surface area contributed by atoms with Crippen molar-refractivity contribution in [2.24, 2.45) is 0 Å². The van der Waals surface area contributed by atoms with Gasteiger partial charge in [-0.1, -0.05) is 15.9 Å². The molecule has 4 nitrogen and oxygen atoms in total. The summed E-state index contributed by atoms with van der Waals surface area (Å²) in [4.78, 5) is 22.3. The van der Waals surface area contributed by atoms with E-state index in [0.29, 0.717) is 0 Å². The molecule has 1 aromatic rings. The maximum absolute atomic E-state index is 12.7. The van der Waals surface area contributed by atoms with Gasteiger partial charge in [0.05, 0.1) is 5.56 Å². The van der Waals surface area contributed by atoms with E-state index in [9.17, 15) is 22.8 Å². The fourth-order valence-electron chi connectivity index (χ4n) is 1.40. The van der Waals surface area contributed by atoms with Gasteiger partial charge < -0.3 is 10.6 Å². The zero-order valence-electron chi connectivity index (χ0n) is 10.5. The molecule has 2 amide bonds. The lowest BCUT2D eigenvalue weighted by Crippen LogP contribution is -2.33. The first kappa shape index (κ1) is 16.5. The highest BCUT2D eigenvalue weighted by molar-refractivity contribution is 9.10. The molecule has 0 fully saturated rings. The van der Waals surface area contributed by atoms with E-state index in [-0.39, 0.29) is 29.0 Å². The number of rotatable bonds is 4. The van der Waals surface area contributed by atoms with Crippen LogP contribution in [0.1, 0.15) is 22.8 Å². The molecule has 0 spiro atoms. The van der Waals surface area contributed by atoms with Crippen molar-refractivity contribution in [3.8, 4) is 0 Å². The molecule has 110 valence electrons. The van der Waals surface area contributed by atoms with E-state index < -0.39 is 17.6 Å². The van der Waals surface area contributed by atoms with E-state index in [1.54, 1.807) is 0 Å². The summed E-state index contributed by atoms with van der Waals surface area (Å²) in [6.07, 6.45) is -4.54. The second kappa shape index (κ2) is 6.74. The predicted molar refractivity (Wildman–Crippen MR) is 70.2 cm³/mol. The van der Waals surface area contributed by atoms with Crippen LogP contribution >= 0.6 is 15.9 Å². The van der Waals surface area contributed by atoms with Crippen molar-refractivity contribution < 1.29 is 22.8 Å². The molecule has 0 saturated carbocycles. The zero-order chi connectivity index (χ0) is 15.3. The first-order chi connectivity index (χ1) is 9.21. The van der Waals surface area contributed by atoms with Gasteiger partial charge in [0.15, 0.2) is 0 Å². The SMILES string of the molecule is CC(=O)NCCNC(=O)c1ccc(Br)c(C(F)(F)F)c1. The van der Waals surface area contributed by atoms with E-state index in [0.717, 1.165) is 6.07 Å². The molecule has 0 aliphatic rings. The van der Waals surface area contributed by atoms with Crippen molar-refractivity contribution in [2.75, 3.05) is 13.1 Å². The third kappa shape index (κ3) is 4.84. The van der Waals surface area contributed by atoms with Crippen LogP contribution in [0.5, 0.6) is 0 Å². The van der Waals surface area contributed by atoms with Crippen LogP contribution in [0.2, 0.25) is 0 Å². The molecule has 0 heterocycles. The summed E-state index contributed by atoms with van der Waals surface area (Å²) in [5.41, 5.74) is -1.00. The van der Waals surface area contributed by atoms with Gasteiger partial charge in [-0.05, 0) is 18.2 Å². The van der Waals surface area contributed by atoms with Crippen LogP contribution in [-0.2, 0) is 11.0 Å². The van der Waals surface area contributed by atoms with Crippen molar-refractivity contribution in [3.05, 3.63) is 33.8 Å². The Labute approximate surface area is 121 Å². The summed E-state index contributed by atoms with van der Waals surface area (Å²) in [7, 11) is 0. The number of benzene rings is 1. The molecule has 0 unspecified atom stereocenters. The second-order valence-corrected chi connectivity index (χ2v) is 4.79. The number of halogens is 4. The van der Waals surface area contributed by atoms with E-state index >= 15 is 0 Å². The van der Waals surface area contributed by atoms with E-state index in [2.05, 4.69) is 26.6 Å². The first-order valence-corrected chi connectivity index (χ1v) is 6.40. The van der Waals surface area contributed by atoms with Gasteiger partial charge in [-0.2, -0.15) is 13.2 Å². The van der Waals surface area contributed by atoms with Crippen molar-refractivity contribution >= 4 is 27.7 Å². The van der Waals surface area contributed by atoms with Gasteiger partial charge in [-0.15, -0.1) is 0 Å². The van der Waals surface area contributed by atoms with E-state index in [4.69, 9.17) is 0 Å². The number of amides is 2. The summed E-state index contributed by atoms with van der Waals surface area (Å²) in [5, 5.41) is 4.87. The molecule has 0 saturated heterocycles. The molecule has 1 aromatic carbocycles. The number of hydrogen-bond donors (Lipinski definition) is 2. The van der Waals surface area contributed by atoms with Gasteiger partial charge in [0.25, 0.3) is 5.91 Å². The van der Waals surface area contributed by atoms with Crippen LogP contribution in [0.15, 0.2) is 22.7 Å². The minimum Gasteiger partial charge on any atom is -0.355 e. The summed E-state index contributed by atoms with van der Waals surface area (Å²) in [5.74, 6) is -0.879. The third-order valence-electron chi connectivity index (χ3n) is 2.32. The van der Waals surface area contributed by atoms with Gasteiger partial charge in [-0.25, -0.2) is 0 Å². The van der Waals surface area contributed by atoms with Crippen molar-refractivity contribution in [2.45, 2.75) is 13.1 Å². The minimum absolute atomic E-state index is 0.0941. The Hall–Kier alpha value is -1.57. The molecule has 20 heavy (non-hydrogen) atoms. The summed E-state index contributed by atoms with van der Waals surface area (Å²) >= 11 is 2.80. The number of hydrogen-bond acceptors (Lipinski definition) is 2. The van der Waals surface area contributed by atoms with Gasteiger partial charge >= 0.3 is 6.18 Å². The van der Waals surface area contributed by atoms with Crippen LogP contribution in [0.3, 0.4) is 0 Å². The molecule has 0 radical (unpaired) electrons.